The molecule has 1 amide bonds. The lowest BCUT2D eigenvalue weighted by molar-refractivity contribution is -0.144. The van der Waals surface area contributed by atoms with Crippen molar-refractivity contribution in [3.8, 4) is 0 Å². The first-order valence-electron chi connectivity index (χ1n) is 3.57. The van der Waals surface area contributed by atoms with Crippen molar-refractivity contribution in [1.29, 1.82) is 0 Å². The van der Waals surface area contributed by atoms with E-state index in [1.165, 1.54) is 0 Å². The molecule has 0 bridgehead atoms. The molecule has 0 saturated heterocycles. The second kappa shape index (κ2) is 3.71. The van der Waals surface area contributed by atoms with E-state index in [2.05, 4.69) is 4.99 Å². The maximum Gasteiger partial charge on any atom is 0.329 e. The number of nitrogens with zero attached hydrogens (tertiary/aromatic N) is 1. The second-order valence-electron chi connectivity index (χ2n) is 2.22. The van der Waals surface area contributed by atoms with Gasteiger partial charge in [-0.2, -0.15) is 0 Å². The third-order valence-electron chi connectivity index (χ3n) is 1.28. The van der Waals surface area contributed by atoms with E-state index >= 15 is 0 Å². The van der Waals surface area contributed by atoms with Gasteiger partial charge in [-0.25, -0.2) is 4.99 Å². The minimum atomic E-state index is -0.759. The molecule has 0 aromatic rings. The van der Waals surface area contributed by atoms with E-state index in [1.54, 1.807) is 13.8 Å². The number of carbonyl (C=O) groups excluding carboxylic acids is 2. The third-order valence-corrected chi connectivity index (χ3v) is 2.34. The molecule has 1 rings (SSSR count). The average Bonchev–Trinajstić information content (AvgIpc) is 2.30. The fourth-order valence-corrected chi connectivity index (χ4v) is 1.63. The Morgan fingerprint density at radius 2 is 2.42 bits per heavy atom. The molecule has 0 aromatic heterocycles. The molecule has 5 heteroatoms. The summed E-state index contributed by atoms with van der Waals surface area (Å²) in [4.78, 5) is 25.7. The van der Waals surface area contributed by atoms with Crippen molar-refractivity contribution in [2.75, 3.05) is 6.61 Å². The predicted octanol–water partition coefficient (Wildman–Crippen LogP) is 0.610. The summed E-state index contributed by atoms with van der Waals surface area (Å²) in [6, 6.07) is 0. The Bertz CT molecular complexity index is 249. The van der Waals surface area contributed by atoms with Crippen molar-refractivity contribution < 1.29 is 14.3 Å². The summed E-state index contributed by atoms with van der Waals surface area (Å²) in [6.07, 6.45) is 0. The maximum absolute atomic E-state index is 11.1. The van der Waals surface area contributed by atoms with E-state index in [0.717, 1.165) is 11.8 Å². The lowest BCUT2D eigenvalue weighted by atomic mass is 10.4. The van der Waals surface area contributed by atoms with Crippen LogP contribution in [0.5, 0.6) is 0 Å². The van der Waals surface area contributed by atoms with Crippen LogP contribution in [0.15, 0.2) is 4.99 Å². The number of amides is 1. The quantitative estimate of drug-likeness (QED) is 0.469. The van der Waals surface area contributed by atoms with Gasteiger partial charge in [0.05, 0.1) is 11.7 Å². The molecule has 0 N–H and O–H groups in total. The van der Waals surface area contributed by atoms with Crippen LogP contribution in [0.4, 0.5) is 0 Å². The Kier molecular flexibility index (Phi) is 2.86. The Morgan fingerprint density at radius 1 is 1.75 bits per heavy atom. The Hall–Kier alpha value is -0.840. The van der Waals surface area contributed by atoms with E-state index in [-0.39, 0.29) is 0 Å². The third kappa shape index (κ3) is 1.85. The van der Waals surface area contributed by atoms with Crippen LogP contribution in [-0.2, 0) is 14.3 Å². The number of carbonyl (C=O) groups is 2. The minimum absolute atomic E-state index is 0.294. The van der Waals surface area contributed by atoms with Gasteiger partial charge in [-0.3, -0.25) is 9.59 Å². The highest BCUT2D eigenvalue weighted by Crippen LogP contribution is 2.22. The molecule has 0 fully saturated rings. The number of rotatable bonds is 2. The zero-order valence-corrected chi connectivity index (χ0v) is 7.68. The van der Waals surface area contributed by atoms with Gasteiger partial charge < -0.3 is 4.74 Å². The van der Waals surface area contributed by atoms with Gasteiger partial charge in [-0.15, -0.1) is 0 Å². The van der Waals surface area contributed by atoms with Crippen LogP contribution in [0.25, 0.3) is 0 Å². The standard InChI is InChI=1S/C7H9NO3S/c1-3-11-7(10)5-6(9)8-4(2)12-5/h5H,3H2,1-2H3/t5-/m1/s1. The average molecular weight is 187 g/mol. The Morgan fingerprint density at radius 3 is 2.83 bits per heavy atom. The number of aliphatic imine (C=N–C) groups is 1. The van der Waals surface area contributed by atoms with E-state index in [9.17, 15) is 9.59 Å². The first-order chi connectivity index (χ1) is 5.65. The molecule has 12 heavy (non-hydrogen) atoms. The SMILES string of the molecule is CCOC(=O)[C@@H]1SC(C)=NC1=O. The van der Waals surface area contributed by atoms with E-state index in [1.807, 2.05) is 0 Å². The van der Waals surface area contributed by atoms with Gasteiger partial charge >= 0.3 is 5.97 Å². The zero-order valence-electron chi connectivity index (χ0n) is 6.86. The maximum atomic E-state index is 11.1. The van der Waals surface area contributed by atoms with Crippen LogP contribution < -0.4 is 0 Å². The normalized spacial score (nSPS) is 22.3. The van der Waals surface area contributed by atoms with E-state index < -0.39 is 17.1 Å². The highest BCUT2D eigenvalue weighted by Gasteiger charge is 2.33. The molecule has 0 aromatic carbocycles. The largest absolute Gasteiger partial charge is 0.465 e. The van der Waals surface area contributed by atoms with Gasteiger partial charge in [-0.05, 0) is 13.8 Å². The van der Waals surface area contributed by atoms with Crippen molar-refractivity contribution in [1.82, 2.24) is 0 Å². The van der Waals surface area contributed by atoms with Crippen LogP contribution >= 0.6 is 11.8 Å². The number of thioether (sulfide) groups is 1. The van der Waals surface area contributed by atoms with Gasteiger partial charge in [0.15, 0.2) is 5.25 Å². The van der Waals surface area contributed by atoms with Gasteiger partial charge in [-0.1, -0.05) is 11.8 Å². The molecule has 0 saturated carbocycles. The lowest BCUT2D eigenvalue weighted by Gasteiger charge is -2.04. The predicted molar refractivity (Wildman–Crippen MR) is 46.1 cm³/mol. The molecule has 0 radical (unpaired) electrons. The first kappa shape index (κ1) is 9.25. The van der Waals surface area contributed by atoms with Crippen molar-refractivity contribution in [2.45, 2.75) is 19.1 Å². The number of hydrogen-bond donors (Lipinski definition) is 0. The number of hydrogen-bond acceptors (Lipinski definition) is 4. The molecule has 1 aliphatic heterocycles. The van der Waals surface area contributed by atoms with Gasteiger partial charge in [0.2, 0.25) is 0 Å². The van der Waals surface area contributed by atoms with Crippen LogP contribution in [0.3, 0.4) is 0 Å². The molecule has 0 aliphatic carbocycles. The number of esters is 1. The zero-order chi connectivity index (χ0) is 9.14. The molecule has 0 spiro atoms. The smallest absolute Gasteiger partial charge is 0.329 e. The molecule has 1 atom stereocenters. The summed E-state index contributed by atoms with van der Waals surface area (Å²) in [5.74, 6) is -0.899. The van der Waals surface area contributed by atoms with Crippen LogP contribution in [0.1, 0.15) is 13.8 Å². The summed E-state index contributed by atoms with van der Waals surface area (Å²) >= 11 is 1.15. The minimum Gasteiger partial charge on any atom is -0.465 e. The monoisotopic (exact) mass is 187 g/mol. The highest BCUT2D eigenvalue weighted by atomic mass is 32.2. The van der Waals surface area contributed by atoms with Crippen molar-refractivity contribution in [2.24, 2.45) is 4.99 Å². The Labute approximate surface area is 74.4 Å². The molecule has 1 aliphatic rings. The first-order valence-corrected chi connectivity index (χ1v) is 4.45. The lowest BCUT2D eigenvalue weighted by Crippen LogP contribution is -2.24. The number of ether oxygens (including phenoxy) is 1. The fourth-order valence-electron chi connectivity index (χ4n) is 0.828. The van der Waals surface area contributed by atoms with Crippen molar-refractivity contribution in [3.63, 3.8) is 0 Å². The Balaban J connectivity index is 2.57. The van der Waals surface area contributed by atoms with Crippen LogP contribution in [0, 0.1) is 0 Å². The summed E-state index contributed by atoms with van der Waals surface area (Å²) < 4.78 is 4.69. The summed E-state index contributed by atoms with van der Waals surface area (Å²) in [5.41, 5.74) is 0. The topological polar surface area (TPSA) is 55.7 Å². The van der Waals surface area contributed by atoms with Crippen LogP contribution in [-0.4, -0.2) is 28.8 Å². The summed E-state index contributed by atoms with van der Waals surface area (Å²) in [6.45, 7) is 3.69. The fraction of sp³-hybridized carbons (Fsp3) is 0.571. The van der Waals surface area contributed by atoms with Crippen LogP contribution in [0.2, 0.25) is 0 Å². The molecule has 4 nitrogen and oxygen atoms in total. The van der Waals surface area contributed by atoms with Crippen molar-refractivity contribution >= 4 is 28.7 Å². The molecule has 0 unspecified atom stereocenters. The molecular formula is C7H9NO3S. The molecular weight excluding hydrogens is 178 g/mol. The summed E-state index contributed by atoms with van der Waals surface area (Å²) in [7, 11) is 0. The van der Waals surface area contributed by atoms with Gasteiger partial charge in [0.1, 0.15) is 0 Å². The molecule has 1 heterocycles. The molecule has 66 valence electrons. The van der Waals surface area contributed by atoms with Gasteiger partial charge in [0.25, 0.3) is 5.91 Å². The summed E-state index contributed by atoms with van der Waals surface area (Å²) in [5, 5.41) is -0.136. The van der Waals surface area contributed by atoms with Crippen molar-refractivity contribution in [3.05, 3.63) is 0 Å². The van der Waals surface area contributed by atoms with E-state index in [0.29, 0.717) is 11.7 Å². The highest BCUT2D eigenvalue weighted by molar-refractivity contribution is 8.16. The van der Waals surface area contributed by atoms with Gasteiger partial charge in [0, 0.05) is 0 Å². The van der Waals surface area contributed by atoms with E-state index in [4.69, 9.17) is 4.74 Å². The second-order valence-corrected chi connectivity index (χ2v) is 3.52.